The number of nitrogens with one attached hydrogen (secondary N) is 1. The van der Waals surface area contributed by atoms with Gasteiger partial charge in [0.15, 0.2) is 0 Å². The maximum absolute atomic E-state index is 14.3. The molecule has 2 aromatic carbocycles. The summed E-state index contributed by atoms with van der Waals surface area (Å²) in [4.78, 5) is 67.2. The summed E-state index contributed by atoms with van der Waals surface area (Å²) in [6.45, 7) is 4.30. The van der Waals surface area contributed by atoms with Crippen LogP contribution in [0, 0.1) is 0 Å². The number of hydrazine groups is 1. The van der Waals surface area contributed by atoms with Gasteiger partial charge in [-0.3, -0.25) is 9.59 Å². The molecule has 14 nitrogen and oxygen atoms in total. The number of aromatic nitrogens is 2. The Hall–Kier alpha value is -3.01. The van der Waals surface area contributed by atoms with Gasteiger partial charge in [-0.1, -0.05) is 54.6 Å². The van der Waals surface area contributed by atoms with Gasteiger partial charge in [-0.05, 0) is 41.5 Å². The molecule has 6 rings (SSSR count). The number of phosphoric ester groups is 1. The second-order valence-electron chi connectivity index (χ2n) is 11.2. The fraction of sp³-hybridized carbons (Fsp3) is 0.250. The zero-order chi connectivity index (χ0) is 33.1. The summed E-state index contributed by atoms with van der Waals surface area (Å²) in [6, 6.07) is 21.1. The molecule has 0 radical (unpaired) electrons. The van der Waals surface area contributed by atoms with Crippen LogP contribution < -0.4 is 78.7 Å². The molecule has 2 aliphatic rings. The van der Waals surface area contributed by atoms with Gasteiger partial charge in [-0.15, -0.1) is 6.58 Å². The summed E-state index contributed by atoms with van der Waals surface area (Å²) in [5.41, 5.74) is 3.06. The predicted molar refractivity (Wildman–Crippen MR) is 166 cm³/mol. The molecule has 0 aliphatic carbocycles. The van der Waals surface area contributed by atoms with E-state index in [1.807, 2.05) is 54.6 Å². The van der Waals surface area contributed by atoms with E-state index in [0.717, 1.165) is 16.8 Å². The van der Waals surface area contributed by atoms with Crippen LogP contribution in [0.2, 0.25) is 0 Å². The monoisotopic (exact) mass is 703 g/mol. The van der Waals surface area contributed by atoms with Gasteiger partial charge < -0.3 is 34.0 Å². The van der Waals surface area contributed by atoms with Crippen LogP contribution in [0.3, 0.4) is 0 Å². The SMILES string of the molecule is C=CCN1CC(=O)N2[C@@H](Cc3ccc(OP(=O)([O-])[O-])cc3)C(=O)N(Cc3cccc4ccnn34)C[C@@H]2N1C(=O)NCc1ccccc1.[Na+].[Na+]. The molecule has 244 valence electrons. The van der Waals surface area contributed by atoms with Crippen molar-refractivity contribution in [3.8, 4) is 5.75 Å². The second kappa shape index (κ2) is 16.8. The first-order valence-corrected chi connectivity index (χ1v) is 16.4. The fourth-order valence-electron chi connectivity index (χ4n) is 6.06. The Morgan fingerprint density at radius 3 is 2.43 bits per heavy atom. The Labute approximate surface area is 327 Å². The molecular formula is C32H32N7Na2O7P. The first kappa shape index (κ1) is 38.8. The number of pyridine rings is 1. The van der Waals surface area contributed by atoms with Crippen LogP contribution in [0.5, 0.6) is 5.75 Å². The Kier molecular flexibility index (Phi) is 13.3. The van der Waals surface area contributed by atoms with Gasteiger partial charge in [0.05, 0.1) is 30.8 Å². The van der Waals surface area contributed by atoms with E-state index in [2.05, 4.69) is 21.5 Å². The molecule has 49 heavy (non-hydrogen) atoms. The van der Waals surface area contributed by atoms with E-state index in [0.29, 0.717) is 5.56 Å². The number of carbonyl (C=O) groups excluding carboxylic acids is 3. The van der Waals surface area contributed by atoms with E-state index in [-0.39, 0.29) is 116 Å². The minimum absolute atomic E-state index is 0. The van der Waals surface area contributed by atoms with Crippen LogP contribution in [0.25, 0.3) is 5.52 Å². The van der Waals surface area contributed by atoms with Crippen molar-refractivity contribution in [2.45, 2.75) is 31.7 Å². The van der Waals surface area contributed by atoms with Gasteiger partial charge in [0.2, 0.25) is 11.8 Å². The molecule has 2 aromatic heterocycles. The Morgan fingerprint density at radius 2 is 1.73 bits per heavy atom. The molecule has 4 aromatic rings. The number of piperazine rings is 1. The van der Waals surface area contributed by atoms with E-state index in [4.69, 9.17) is 0 Å². The van der Waals surface area contributed by atoms with Crippen molar-refractivity contribution in [1.29, 1.82) is 0 Å². The summed E-state index contributed by atoms with van der Waals surface area (Å²) in [6.07, 6.45) is 2.46. The minimum atomic E-state index is -5.26. The van der Waals surface area contributed by atoms with Gasteiger partial charge in [0.1, 0.15) is 25.8 Å². The molecule has 0 unspecified atom stereocenters. The number of hydrogen-bond acceptors (Lipinski definition) is 9. The number of phosphoric acid groups is 1. The zero-order valence-electron chi connectivity index (χ0n) is 27.3. The number of nitrogens with zero attached hydrogens (tertiary/aromatic N) is 6. The first-order valence-electron chi connectivity index (χ1n) is 14.9. The van der Waals surface area contributed by atoms with Gasteiger partial charge >= 0.3 is 65.1 Å². The van der Waals surface area contributed by atoms with Crippen molar-refractivity contribution >= 4 is 31.2 Å². The van der Waals surface area contributed by atoms with Crippen molar-refractivity contribution in [3.05, 3.63) is 115 Å². The Balaban J connectivity index is 0.00000270. The Morgan fingerprint density at radius 1 is 1.00 bits per heavy atom. The van der Waals surface area contributed by atoms with Gasteiger partial charge in [-0.2, -0.15) is 5.10 Å². The smallest absolute Gasteiger partial charge is 0.780 e. The molecule has 0 saturated carbocycles. The van der Waals surface area contributed by atoms with Crippen LogP contribution in [0.15, 0.2) is 97.7 Å². The van der Waals surface area contributed by atoms with E-state index in [1.165, 1.54) is 34.2 Å². The van der Waals surface area contributed by atoms with Crippen molar-refractivity contribution < 1.29 is 92.4 Å². The molecule has 0 spiro atoms. The number of amides is 4. The van der Waals surface area contributed by atoms with Crippen LogP contribution in [0.1, 0.15) is 16.8 Å². The summed E-state index contributed by atoms with van der Waals surface area (Å²) in [5.74, 6) is -0.835. The number of hydrogen-bond donors (Lipinski definition) is 1. The van der Waals surface area contributed by atoms with Crippen LogP contribution in [0.4, 0.5) is 4.79 Å². The third kappa shape index (κ3) is 9.02. The molecule has 2 atom stereocenters. The molecule has 4 heterocycles. The molecule has 2 saturated heterocycles. The average Bonchev–Trinajstić information content (AvgIpc) is 3.53. The average molecular weight is 704 g/mol. The third-order valence-electron chi connectivity index (χ3n) is 8.09. The fourth-order valence-corrected chi connectivity index (χ4v) is 6.44. The van der Waals surface area contributed by atoms with E-state index >= 15 is 0 Å². The van der Waals surface area contributed by atoms with E-state index in [9.17, 15) is 28.7 Å². The van der Waals surface area contributed by atoms with Crippen molar-refractivity contribution in [1.82, 2.24) is 34.7 Å². The van der Waals surface area contributed by atoms with Crippen LogP contribution in [-0.4, -0.2) is 79.1 Å². The molecular weight excluding hydrogens is 671 g/mol. The topological polar surface area (TPSA) is 166 Å². The largest absolute Gasteiger partial charge is 1.00 e. The maximum Gasteiger partial charge on any atom is 1.00 e. The van der Waals surface area contributed by atoms with Crippen LogP contribution in [-0.2, 0) is 33.7 Å². The predicted octanol–water partition coefficient (Wildman–Crippen LogP) is -4.71. The quantitative estimate of drug-likeness (QED) is 0.0971. The standard InChI is InChI=1S/C32H34N7O7P.2Na/c1-2-17-36-22-30(40)37-28(18-23-11-13-27(14-12-23)46-47(43,44)45)31(41)35(20-26-10-6-9-25-15-16-34-38(25)26)21-29(37)39(36)32(42)33-19-24-7-4-3-5-8-24;;/h2-16,28-29H,1,17-22H2,(H,33,42)(H2,43,44,45);;/q;2*+1/p-2/t28-,29-;;/m0../s1. The van der Waals surface area contributed by atoms with Crippen LogP contribution >= 0.6 is 7.82 Å². The normalized spacial score (nSPS) is 18.0. The van der Waals surface area contributed by atoms with Gasteiger partial charge in [0.25, 0.3) is 0 Å². The second-order valence-corrected chi connectivity index (χ2v) is 12.3. The number of benzene rings is 2. The third-order valence-corrected chi connectivity index (χ3v) is 8.52. The van der Waals surface area contributed by atoms with Crippen molar-refractivity contribution in [2.24, 2.45) is 0 Å². The van der Waals surface area contributed by atoms with Crippen molar-refractivity contribution in [2.75, 3.05) is 19.6 Å². The maximum atomic E-state index is 14.3. The number of urea groups is 1. The molecule has 4 amide bonds. The Bertz CT molecular complexity index is 1840. The number of fused-ring (bicyclic) bond motifs is 2. The zero-order valence-corrected chi connectivity index (χ0v) is 32.1. The molecule has 17 heteroatoms. The molecule has 1 N–H and O–H groups in total. The summed E-state index contributed by atoms with van der Waals surface area (Å²) in [7, 11) is -5.26. The number of rotatable bonds is 10. The van der Waals surface area contributed by atoms with Gasteiger partial charge in [-0.25, -0.2) is 19.3 Å². The molecule has 0 bridgehead atoms. The summed E-state index contributed by atoms with van der Waals surface area (Å²) in [5, 5.41) is 10.5. The van der Waals surface area contributed by atoms with Crippen molar-refractivity contribution in [3.63, 3.8) is 0 Å². The summed E-state index contributed by atoms with van der Waals surface area (Å²) < 4.78 is 17.3. The van der Waals surface area contributed by atoms with E-state index in [1.54, 1.807) is 26.7 Å². The number of carbonyl (C=O) groups is 3. The van der Waals surface area contributed by atoms with Gasteiger partial charge in [0, 0.05) is 25.7 Å². The molecule has 2 aliphatic heterocycles. The first-order chi connectivity index (χ1) is 22.6. The summed E-state index contributed by atoms with van der Waals surface area (Å²) >= 11 is 0. The van der Waals surface area contributed by atoms with E-state index < -0.39 is 26.1 Å². The minimum Gasteiger partial charge on any atom is -0.780 e. The molecule has 2 fully saturated rings.